The number of aliphatic hydroxyl groups is 1. The third-order valence-electron chi connectivity index (χ3n) is 6.28. The highest BCUT2D eigenvalue weighted by Crippen LogP contribution is 2.64. The van der Waals surface area contributed by atoms with Gasteiger partial charge >= 0.3 is 47.0 Å². The molecule has 0 radical (unpaired) electrons. The van der Waals surface area contributed by atoms with Gasteiger partial charge in [-0.3, -0.25) is 0 Å². The van der Waals surface area contributed by atoms with Gasteiger partial charge in [-0.1, -0.05) is 51.9 Å². The van der Waals surface area contributed by atoms with Crippen LogP contribution in [0, 0.1) is 0 Å². The molecular weight excluding hydrogens is 669 g/mol. The highest BCUT2D eigenvalue weighted by atomic mass is 32.2. The summed E-state index contributed by atoms with van der Waals surface area (Å²) < 4.78 is 252. The van der Waals surface area contributed by atoms with Crippen molar-refractivity contribution < 1.29 is 88.2 Å². The third kappa shape index (κ3) is 7.40. The quantitative estimate of drug-likeness (QED) is 0.103. The molecule has 0 aromatic heterocycles. The fourth-order valence-electron chi connectivity index (χ4n) is 3.56. The Morgan fingerprint density at radius 1 is 0.488 bits per heavy atom. The Morgan fingerprint density at radius 3 is 1.12 bits per heavy atom. The molecule has 0 aliphatic rings. The van der Waals surface area contributed by atoms with Crippen LogP contribution < -0.4 is 0 Å². The van der Waals surface area contributed by atoms with Crippen LogP contribution in [0.2, 0.25) is 0 Å². The summed E-state index contributed by atoms with van der Waals surface area (Å²) in [5.74, 6) is -51.6. The maximum absolute atomic E-state index is 14.4. The van der Waals surface area contributed by atoms with E-state index in [1.807, 2.05) is 0 Å². The number of sulfonamides is 1. The Bertz CT molecular complexity index is 984. The number of halogens is 17. The number of hydrogen-bond donors (Lipinski definition) is 1. The minimum atomic E-state index is -8.84. The minimum Gasteiger partial charge on any atom is -0.396 e. The van der Waals surface area contributed by atoms with Crippen LogP contribution in [0.15, 0.2) is 0 Å². The molecule has 0 amide bonds. The Morgan fingerprint density at radius 2 is 0.791 bits per heavy atom. The van der Waals surface area contributed by atoms with Crippen molar-refractivity contribution in [3.8, 4) is 0 Å². The molecule has 22 heteroatoms. The molecule has 0 aliphatic heterocycles. The van der Waals surface area contributed by atoms with E-state index < -0.39 is 80.8 Å². The first-order valence-corrected chi connectivity index (χ1v) is 13.8. The molecule has 0 atom stereocenters. The number of aliphatic hydroxyl groups excluding tert-OH is 1. The molecule has 0 unspecified atom stereocenters. The maximum Gasteiger partial charge on any atom is 0.460 e. The average molecular weight is 697 g/mol. The van der Waals surface area contributed by atoms with Gasteiger partial charge in [0.05, 0.1) is 0 Å². The molecule has 0 aromatic rings. The smallest absolute Gasteiger partial charge is 0.396 e. The molecule has 0 aromatic carbocycles. The predicted octanol–water partition coefficient (Wildman–Crippen LogP) is 8.11. The van der Waals surface area contributed by atoms with Gasteiger partial charge in [0.2, 0.25) is 0 Å². The lowest BCUT2D eigenvalue weighted by atomic mass is 9.91. The van der Waals surface area contributed by atoms with Gasteiger partial charge in [-0.05, 0) is 12.8 Å². The Labute approximate surface area is 234 Å². The van der Waals surface area contributed by atoms with Crippen LogP contribution in [0.1, 0.15) is 64.7 Å². The predicted molar refractivity (Wildman–Crippen MR) is 115 cm³/mol. The maximum atomic E-state index is 14.4. The molecule has 4 nitrogen and oxygen atoms in total. The molecule has 0 saturated heterocycles. The first kappa shape index (κ1) is 41.7. The first-order valence-electron chi connectivity index (χ1n) is 12.3. The van der Waals surface area contributed by atoms with E-state index in [9.17, 15) is 83.1 Å². The molecule has 260 valence electrons. The summed E-state index contributed by atoms with van der Waals surface area (Å²) in [6.45, 7) is -1.72. The zero-order chi connectivity index (χ0) is 34.6. The van der Waals surface area contributed by atoms with Crippen molar-refractivity contribution in [2.45, 2.75) is 112 Å². The van der Waals surface area contributed by atoms with Crippen LogP contribution >= 0.6 is 0 Å². The van der Waals surface area contributed by atoms with E-state index in [4.69, 9.17) is 5.11 Å². The van der Waals surface area contributed by atoms with Crippen LogP contribution in [0.3, 0.4) is 0 Å². The third-order valence-corrected chi connectivity index (χ3v) is 8.30. The van der Waals surface area contributed by atoms with Gasteiger partial charge in [-0.2, -0.15) is 78.9 Å². The number of hydrogen-bond acceptors (Lipinski definition) is 3. The van der Waals surface area contributed by atoms with Crippen LogP contribution in [0.25, 0.3) is 0 Å². The summed E-state index contributed by atoms with van der Waals surface area (Å²) in [4.78, 5) is 0. The van der Waals surface area contributed by atoms with E-state index in [2.05, 4.69) is 0 Å². The van der Waals surface area contributed by atoms with Crippen LogP contribution in [0.4, 0.5) is 74.6 Å². The Hall–Kier alpha value is -1.32. The van der Waals surface area contributed by atoms with E-state index >= 15 is 0 Å². The zero-order valence-electron chi connectivity index (χ0n) is 22.0. The van der Waals surface area contributed by atoms with Gasteiger partial charge in [0.15, 0.2) is 0 Å². The molecule has 0 heterocycles. The summed E-state index contributed by atoms with van der Waals surface area (Å²) in [5.41, 5.74) is 0. The number of alkyl halides is 17. The lowest BCUT2D eigenvalue weighted by Crippen LogP contribution is -2.75. The van der Waals surface area contributed by atoms with Crippen LogP contribution in [-0.2, 0) is 10.0 Å². The van der Waals surface area contributed by atoms with E-state index in [0.717, 1.165) is 12.8 Å². The molecule has 0 aliphatic carbocycles. The summed E-state index contributed by atoms with van der Waals surface area (Å²) in [6.07, 6.45) is -4.06. The summed E-state index contributed by atoms with van der Waals surface area (Å²) in [7, 11) is -7.24. The molecule has 0 bridgehead atoms. The summed E-state index contributed by atoms with van der Waals surface area (Å²) in [6, 6.07) is 0. The van der Waals surface area contributed by atoms with Gasteiger partial charge in [-0.15, -0.1) is 0 Å². The molecular formula is C21H28F17NO3S. The molecule has 0 rings (SSSR count). The standard InChI is InChI=1S/C21H28F17NO3S/c1-2-39(12-10-8-6-4-3-5-7-9-11-13-40)43(41,42)21(37,38)19(32,33)17(28,29)15(24,25)14(22,23)16(26,27)18(30,31)20(34,35)36/h40H,2-13H2,1H3. The topological polar surface area (TPSA) is 57.6 Å². The molecule has 0 fully saturated rings. The van der Waals surface area contributed by atoms with Gasteiger partial charge in [0.25, 0.3) is 10.0 Å². The van der Waals surface area contributed by atoms with Crippen molar-refractivity contribution in [3.05, 3.63) is 0 Å². The Kier molecular flexibility index (Phi) is 13.6. The summed E-state index contributed by atoms with van der Waals surface area (Å²) in [5, 5.41) is 1.13. The second kappa shape index (κ2) is 14.0. The number of unbranched alkanes of at least 4 members (excludes halogenated alkanes) is 8. The Balaban J connectivity index is 6.08. The van der Waals surface area contributed by atoms with Gasteiger partial charge < -0.3 is 5.11 Å². The van der Waals surface area contributed by atoms with Crippen molar-refractivity contribution in [1.29, 1.82) is 0 Å². The van der Waals surface area contributed by atoms with Gasteiger partial charge in [0.1, 0.15) is 0 Å². The largest absolute Gasteiger partial charge is 0.460 e. The SMILES string of the molecule is CCN(CCCCCCCCCCCO)S(=O)(=O)C(F)(F)C(F)(F)C(F)(F)C(F)(F)C(F)(F)C(F)(F)C(F)(F)C(F)(F)F. The second-order valence-electron chi connectivity index (χ2n) is 9.36. The second-order valence-corrected chi connectivity index (χ2v) is 11.3. The fourth-order valence-corrected chi connectivity index (χ4v) is 5.05. The average Bonchev–Trinajstić information content (AvgIpc) is 2.85. The number of nitrogens with zero attached hydrogens (tertiary/aromatic N) is 1. The van der Waals surface area contributed by atoms with E-state index in [-0.39, 0.29) is 13.0 Å². The minimum absolute atomic E-state index is 0.00875. The van der Waals surface area contributed by atoms with Crippen molar-refractivity contribution >= 4 is 10.0 Å². The fraction of sp³-hybridized carbons (Fsp3) is 1.00. The van der Waals surface area contributed by atoms with E-state index in [0.29, 0.717) is 39.0 Å². The highest BCUT2D eigenvalue weighted by Gasteiger charge is 2.96. The number of rotatable bonds is 20. The van der Waals surface area contributed by atoms with Crippen LogP contribution in [0.5, 0.6) is 0 Å². The van der Waals surface area contributed by atoms with Crippen LogP contribution in [-0.4, -0.2) is 84.5 Å². The van der Waals surface area contributed by atoms with Crippen molar-refractivity contribution in [2.24, 2.45) is 0 Å². The summed E-state index contributed by atoms with van der Waals surface area (Å²) >= 11 is 0. The lowest BCUT2D eigenvalue weighted by Gasteiger charge is -2.43. The molecule has 1 N–H and O–H groups in total. The molecule has 43 heavy (non-hydrogen) atoms. The van der Waals surface area contributed by atoms with Crippen molar-refractivity contribution in [3.63, 3.8) is 0 Å². The normalized spacial score (nSPS) is 15.4. The van der Waals surface area contributed by atoms with E-state index in [1.54, 1.807) is 0 Å². The van der Waals surface area contributed by atoms with Gasteiger partial charge in [-0.25, -0.2) is 8.42 Å². The first-order chi connectivity index (χ1) is 19.0. The monoisotopic (exact) mass is 697 g/mol. The molecule has 0 spiro atoms. The highest BCUT2D eigenvalue weighted by molar-refractivity contribution is 7.90. The zero-order valence-corrected chi connectivity index (χ0v) is 22.8. The molecule has 0 saturated carbocycles. The van der Waals surface area contributed by atoms with E-state index in [1.165, 1.54) is 0 Å². The van der Waals surface area contributed by atoms with Crippen molar-refractivity contribution in [2.75, 3.05) is 19.7 Å². The lowest BCUT2D eigenvalue weighted by molar-refractivity contribution is -0.458. The van der Waals surface area contributed by atoms with Gasteiger partial charge in [0, 0.05) is 19.7 Å². The van der Waals surface area contributed by atoms with Crippen molar-refractivity contribution in [1.82, 2.24) is 4.31 Å².